The summed E-state index contributed by atoms with van der Waals surface area (Å²) in [6.45, 7) is 4.21. The Hall–Kier alpha value is -3.09. The Kier molecular flexibility index (Phi) is 5.04. The van der Waals surface area contributed by atoms with Gasteiger partial charge in [0.2, 0.25) is 0 Å². The summed E-state index contributed by atoms with van der Waals surface area (Å²) in [5, 5.41) is 7.67. The number of rotatable bonds is 2. The standard InChI is InChI=1S/C26H23Cl2N5O/c1-17-26(25(34)33(30-17)21-9-7-19(27)8-10-21)15-18-5-6-20(28)14-22(18)32-13-12-31(16-23(26)32)24-4-2-3-11-29-24/h2-11,14,23H,12-13,15-16H2,1H3/t23-,26+/m0/s1. The molecule has 0 aliphatic carbocycles. The van der Waals surface area contributed by atoms with Crippen LogP contribution in [-0.4, -0.2) is 42.3 Å². The van der Waals surface area contributed by atoms with Crippen LogP contribution in [0.1, 0.15) is 12.5 Å². The van der Waals surface area contributed by atoms with Crippen molar-refractivity contribution in [2.75, 3.05) is 34.4 Å². The molecule has 6 rings (SSSR count). The van der Waals surface area contributed by atoms with Crippen LogP contribution in [0.2, 0.25) is 10.0 Å². The van der Waals surface area contributed by atoms with E-state index in [1.54, 1.807) is 17.1 Å². The summed E-state index contributed by atoms with van der Waals surface area (Å²) < 4.78 is 0. The Morgan fingerprint density at radius 3 is 2.56 bits per heavy atom. The van der Waals surface area contributed by atoms with Crippen LogP contribution in [0.3, 0.4) is 0 Å². The number of amides is 1. The number of halogens is 2. The summed E-state index contributed by atoms with van der Waals surface area (Å²) in [7, 11) is 0. The number of hydrogen-bond acceptors (Lipinski definition) is 5. The molecule has 6 nitrogen and oxygen atoms in total. The Morgan fingerprint density at radius 1 is 1.00 bits per heavy atom. The third kappa shape index (κ3) is 3.20. The lowest BCUT2D eigenvalue weighted by atomic mass is 9.67. The van der Waals surface area contributed by atoms with Gasteiger partial charge in [-0.3, -0.25) is 4.79 Å². The molecule has 1 fully saturated rings. The summed E-state index contributed by atoms with van der Waals surface area (Å²) in [6.07, 6.45) is 2.39. The van der Waals surface area contributed by atoms with Gasteiger partial charge in [-0.2, -0.15) is 10.1 Å². The zero-order valence-electron chi connectivity index (χ0n) is 18.7. The molecule has 0 saturated carbocycles. The average Bonchev–Trinajstić information content (AvgIpc) is 3.11. The maximum Gasteiger partial charge on any atom is 0.261 e. The molecule has 34 heavy (non-hydrogen) atoms. The van der Waals surface area contributed by atoms with Gasteiger partial charge in [0.15, 0.2) is 0 Å². The monoisotopic (exact) mass is 491 g/mol. The van der Waals surface area contributed by atoms with Crippen molar-refractivity contribution in [3.63, 3.8) is 0 Å². The van der Waals surface area contributed by atoms with Crippen molar-refractivity contribution < 1.29 is 4.79 Å². The molecule has 1 amide bonds. The maximum atomic E-state index is 14.2. The van der Waals surface area contributed by atoms with E-state index in [0.29, 0.717) is 23.0 Å². The number of piperazine rings is 1. The molecule has 3 aliphatic heterocycles. The molecule has 3 aromatic rings. The summed E-state index contributed by atoms with van der Waals surface area (Å²) in [5.41, 5.74) is 2.98. The van der Waals surface area contributed by atoms with Crippen molar-refractivity contribution in [2.45, 2.75) is 19.4 Å². The highest BCUT2D eigenvalue weighted by Crippen LogP contribution is 2.49. The SMILES string of the molecule is CC1=NN(c2ccc(Cl)cc2)C(=O)[C@]12Cc1ccc(Cl)cc1N1CCN(c3ccccn3)C[C@H]12. The molecule has 172 valence electrons. The van der Waals surface area contributed by atoms with Gasteiger partial charge in [-0.15, -0.1) is 0 Å². The number of carbonyl (C=O) groups excluding carboxylic acids is 1. The van der Waals surface area contributed by atoms with Crippen molar-refractivity contribution in [3.05, 3.63) is 82.5 Å². The van der Waals surface area contributed by atoms with Crippen LogP contribution in [-0.2, 0) is 11.2 Å². The minimum absolute atomic E-state index is 0.00852. The van der Waals surface area contributed by atoms with Crippen molar-refractivity contribution in [3.8, 4) is 0 Å². The van der Waals surface area contributed by atoms with Gasteiger partial charge in [-0.25, -0.2) is 4.98 Å². The van der Waals surface area contributed by atoms with Crippen LogP contribution in [0.5, 0.6) is 0 Å². The fourth-order valence-corrected chi connectivity index (χ4v) is 5.88. The largest absolute Gasteiger partial charge is 0.363 e. The molecule has 1 aromatic heterocycles. The van der Waals surface area contributed by atoms with E-state index < -0.39 is 5.41 Å². The Bertz CT molecular complexity index is 1300. The van der Waals surface area contributed by atoms with Gasteiger partial charge < -0.3 is 9.80 Å². The molecule has 1 spiro atoms. The lowest BCUT2D eigenvalue weighted by Gasteiger charge is -2.53. The molecular weight excluding hydrogens is 469 g/mol. The average molecular weight is 492 g/mol. The molecule has 3 aliphatic rings. The molecule has 2 atom stereocenters. The van der Waals surface area contributed by atoms with E-state index in [0.717, 1.165) is 41.6 Å². The van der Waals surface area contributed by atoms with E-state index in [1.807, 2.05) is 61.7 Å². The van der Waals surface area contributed by atoms with Gasteiger partial charge in [0, 0.05) is 41.6 Å². The fourth-order valence-electron chi connectivity index (χ4n) is 5.59. The normalized spacial score (nSPS) is 23.7. The van der Waals surface area contributed by atoms with E-state index in [4.69, 9.17) is 28.3 Å². The molecule has 4 heterocycles. The first-order valence-corrected chi connectivity index (χ1v) is 12.1. The number of anilines is 3. The number of hydrazone groups is 1. The molecule has 0 unspecified atom stereocenters. The number of pyridine rings is 1. The van der Waals surface area contributed by atoms with Crippen molar-refractivity contribution in [1.29, 1.82) is 0 Å². The third-order valence-electron chi connectivity index (χ3n) is 7.29. The first-order valence-electron chi connectivity index (χ1n) is 11.3. The van der Waals surface area contributed by atoms with E-state index in [2.05, 4.69) is 14.8 Å². The molecule has 0 radical (unpaired) electrons. The summed E-state index contributed by atoms with van der Waals surface area (Å²) in [5.74, 6) is 0.912. The van der Waals surface area contributed by atoms with Crippen LogP contribution in [0, 0.1) is 5.41 Å². The van der Waals surface area contributed by atoms with E-state index in [-0.39, 0.29) is 11.9 Å². The van der Waals surface area contributed by atoms with Crippen LogP contribution in [0.25, 0.3) is 0 Å². The van der Waals surface area contributed by atoms with Crippen LogP contribution in [0.4, 0.5) is 17.2 Å². The lowest BCUT2D eigenvalue weighted by Crippen LogP contribution is -2.67. The Morgan fingerprint density at radius 2 is 1.79 bits per heavy atom. The van der Waals surface area contributed by atoms with E-state index in [9.17, 15) is 4.79 Å². The highest BCUT2D eigenvalue weighted by atomic mass is 35.5. The van der Waals surface area contributed by atoms with Gasteiger partial charge in [0.05, 0.1) is 17.4 Å². The topological polar surface area (TPSA) is 52.0 Å². The molecule has 1 saturated heterocycles. The number of aromatic nitrogens is 1. The zero-order valence-corrected chi connectivity index (χ0v) is 20.2. The lowest BCUT2D eigenvalue weighted by molar-refractivity contribution is -0.125. The van der Waals surface area contributed by atoms with Crippen LogP contribution >= 0.6 is 23.2 Å². The summed E-state index contributed by atoms with van der Waals surface area (Å²) in [6, 6.07) is 19.1. The van der Waals surface area contributed by atoms with Crippen LogP contribution < -0.4 is 14.8 Å². The predicted molar refractivity (Wildman–Crippen MR) is 137 cm³/mol. The van der Waals surface area contributed by atoms with E-state index in [1.165, 1.54) is 0 Å². The van der Waals surface area contributed by atoms with Crippen molar-refractivity contribution >= 4 is 52.0 Å². The highest BCUT2D eigenvalue weighted by Gasteiger charge is 2.60. The van der Waals surface area contributed by atoms with E-state index >= 15 is 0 Å². The minimum Gasteiger partial charge on any atom is -0.363 e. The van der Waals surface area contributed by atoms with Crippen molar-refractivity contribution in [1.82, 2.24) is 4.98 Å². The molecule has 0 N–H and O–H groups in total. The molecule has 8 heteroatoms. The van der Waals surface area contributed by atoms with Gasteiger partial charge in [0.25, 0.3) is 5.91 Å². The predicted octanol–water partition coefficient (Wildman–Crippen LogP) is 5.05. The minimum atomic E-state index is -0.784. The first-order chi connectivity index (χ1) is 16.5. The van der Waals surface area contributed by atoms with Crippen LogP contribution in [0.15, 0.2) is 72.0 Å². The number of nitrogens with zero attached hydrogens (tertiary/aromatic N) is 5. The fraction of sp³-hybridized carbons (Fsp3) is 0.269. The summed E-state index contributed by atoms with van der Waals surface area (Å²) in [4.78, 5) is 23.4. The number of carbonyl (C=O) groups is 1. The Balaban J connectivity index is 1.46. The maximum absolute atomic E-state index is 14.2. The second-order valence-electron chi connectivity index (χ2n) is 9.04. The number of fused-ring (bicyclic) bond motifs is 4. The molecule has 0 bridgehead atoms. The molecular formula is C26H23Cl2N5O. The first kappa shape index (κ1) is 21.4. The van der Waals surface area contributed by atoms with Gasteiger partial charge in [0.1, 0.15) is 11.2 Å². The van der Waals surface area contributed by atoms with Gasteiger partial charge >= 0.3 is 0 Å². The third-order valence-corrected chi connectivity index (χ3v) is 7.78. The van der Waals surface area contributed by atoms with Gasteiger partial charge in [-0.05, 0) is 67.4 Å². The zero-order chi connectivity index (χ0) is 23.4. The Labute approximate surface area is 208 Å². The highest BCUT2D eigenvalue weighted by molar-refractivity contribution is 6.31. The quantitative estimate of drug-likeness (QED) is 0.503. The number of hydrogen-bond donors (Lipinski definition) is 0. The summed E-state index contributed by atoms with van der Waals surface area (Å²) >= 11 is 12.5. The van der Waals surface area contributed by atoms with Gasteiger partial charge in [-0.1, -0.05) is 35.3 Å². The second kappa shape index (κ2) is 8.00. The molecule has 2 aromatic carbocycles. The number of benzene rings is 2. The van der Waals surface area contributed by atoms with Crippen molar-refractivity contribution in [2.24, 2.45) is 10.5 Å². The second-order valence-corrected chi connectivity index (χ2v) is 9.92. The smallest absolute Gasteiger partial charge is 0.261 e.